The van der Waals surface area contributed by atoms with Crippen LogP contribution in [0.3, 0.4) is 0 Å². The van der Waals surface area contributed by atoms with Crippen molar-refractivity contribution in [3.8, 4) is 34.0 Å². The molecule has 51 heavy (non-hydrogen) atoms. The molecule has 7 aromatic carbocycles. The molecule has 0 radical (unpaired) electrons. The van der Waals surface area contributed by atoms with Crippen molar-refractivity contribution in [2.24, 2.45) is 0 Å². The first-order chi connectivity index (χ1) is 25.3. The highest BCUT2D eigenvalue weighted by molar-refractivity contribution is 6.12. The predicted octanol–water partition coefficient (Wildman–Crippen LogP) is 11.9. The molecule has 0 unspecified atom stereocenters. The highest BCUT2D eigenvalue weighted by atomic mass is 16.3. The van der Waals surface area contributed by atoms with Gasteiger partial charge < -0.3 is 8.98 Å². The molecule has 0 saturated carbocycles. The zero-order valence-corrected chi connectivity index (χ0v) is 27.4. The summed E-state index contributed by atoms with van der Waals surface area (Å²) in [6.45, 7) is 0. The molecule has 0 bridgehead atoms. The van der Waals surface area contributed by atoms with Gasteiger partial charge in [0.25, 0.3) is 0 Å². The average molecular weight is 653 g/mol. The van der Waals surface area contributed by atoms with Crippen LogP contribution < -0.4 is 0 Å². The van der Waals surface area contributed by atoms with Crippen LogP contribution in [0.4, 0.5) is 0 Å². The van der Waals surface area contributed by atoms with Crippen molar-refractivity contribution >= 4 is 65.7 Å². The molecule has 0 aliphatic carbocycles. The van der Waals surface area contributed by atoms with E-state index in [-0.39, 0.29) is 0 Å². The number of aromatic nitrogens is 4. The summed E-state index contributed by atoms with van der Waals surface area (Å²) in [5.41, 5.74) is 11.8. The number of rotatable bonds is 4. The minimum atomic E-state index is 0.608. The van der Waals surface area contributed by atoms with Gasteiger partial charge in [0.15, 0.2) is 5.58 Å². The van der Waals surface area contributed by atoms with E-state index in [0.29, 0.717) is 11.5 Å². The zero-order chi connectivity index (χ0) is 33.5. The summed E-state index contributed by atoms with van der Waals surface area (Å²) < 4.78 is 11.1. The first-order valence-electron chi connectivity index (χ1n) is 17.2. The van der Waals surface area contributed by atoms with Crippen LogP contribution in [0.2, 0.25) is 0 Å². The summed E-state index contributed by atoms with van der Waals surface area (Å²) in [7, 11) is 0. The molecule has 0 N–H and O–H groups in total. The molecule has 0 spiro atoms. The number of para-hydroxylation sites is 4. The fourth-order valence-corrected chi connectivity index (χ4v) is 7.86. The smallest absolute Gasteiger partial charge is 0.236 e. The van der Waals surface area contributed by atoms with Gasteiger partial charge >= 0.3 is 0 Å². The lowest BCUT2D eigenvalue weighted by Crippen LogP contribution is -2.03. The van der Waals surface area contributed by atoms with Gasteiger partial charge in [-0.25, -0.2) is 9.97 Å². The zero-order valence-electron chi connectivity index (χ0n) is 27.4. The molecule has 0 aliphatic heterocycles. The second-order valence-corrected chi connectivity index (χ2v) is 13.0. The molecular weight excluding hydrogens is 625 g/mol. The van der Waals surface area contributed by atoms with Crippen LogP contribution in [0, 0.1) is 0 Å². The average Bonchev–Trinajstić information content (AvgIpc) is 3.85. The van der Waals surface area contributed by atoms with Crippen molar-refractivity contribution < 1.29 is 4.42 Å². The van der Waals surface area contributed by atoms with Crippen LogP contribution in [0.15, 0.2) is 174 Å². The lowest BCUT2D eigenvalue weighted by Gasteiger charge is -2.12. The standard InChI is InChI=1S/C46H28N4O/c1-2-13-29(14-3-1)30-25-26-36-35-19-4-8-21-38(35)49(41(36)28-30)32-16-12-15-31(27-32)43-45-44(37-20-7-11-24-42(37)51-45)48-46(47-43)50-39-22-9-5-17-33(39)34-18-6-10-23-40(34)50/h1-28H. The molecule has 4 heterocycles. The highest BCUT2D eigenvalue weighted by Gasteiger charge is 2.22. The van der Waals surface area contributed by atoms with Crippen LogP contribution in [0.1, 0.15) is 0 Å². The van der Waals surface area contributed by atoms with Crippen molar-refractivity contribution in [2.75, 3.05) is 0 Å². The van der Waals surface area contributed by atoms with Crippen LogP contribution in [0.5, 0.6) is 0 Å². The van der Waals surface area contributed by atoms with Gasteiger partial charge in [0.05, 0.1) is 22.1 Å². The van der Waals surface area contributed by atoms with Crippen molar-refractivity contribution in [3.05, 3.63) is 170 Å². The minimum absolute atomic E-state index is 0.608. The monoisotopic (exact) mass is 652 g/mol. The molecule has 0 atom stereocenters. The van der Waals surface area contributed by atoms with Gasteiger partial charge in [-0.2, -0.15) is 0 Å². The van der Waals surface area contributed by atoms with Crippen LogP contribution in [-0.2, 0) is 0 Å². The highest BCUT2D eigenvalue weighted by Crippen LogP contribution is 2.39. The summed E-state index contributed by atoms with van der Waals surface area (Å²) in [6, 6.07) is 59.7. The van der Waals surface area contributed by atoms with Crippen molar-refractivity contribution in [2.45, 2.75) is 0 Å². The quantitative estimate of drug-likeness (QED) is 0.190. The molecule has 5 nitrogen and oxygen atoms in total. The molecule has 0 aliphatic rings. The molecule has 0 fully saturated rings. The Hall–Kier alpha value is -6.98. The normalized spacial score (nSPS) is 11.9. The van der Waals surface area contributed by atoms with Crippen LogP contribution >= 0.6 is 0 Å². The first kappa shape index (κ1) is 27.9. The second kappa shape index (κ2) is 10.8. The van der Waals surface area contributed by atoms with Gasteiger partial charge in [-0.1, -0.05) is 121 Å². The molecule has 0 amide bonds. The topological polar surface area (TPSA) is 48.8 Å². The van der Waals surface area contributed by atoms with Gasteiger partial charge in [0, 0.05) is 38.2 Å². The van der Waals surface area contributed by atoms with E-state index < -0.39 is 0 Å². The molecule has 11 rings (SSSR count). The van der Waals surface area contributed by atoms with Gasteiger partial charge in [-0.05, 0) is 59.7 Å². The summed E-state index contributed by atoms with van der Waals surface area (Å²) in [4.78, 5) is 10.6. The number of fused-ring (bicyclic) bond motifs is 9. The van der Waals surface area contributed by atoms with E-state index in [1.165, 1.54) is 32.7 Å². The third-order valence-electron chi connectivity index (χ3n) is 10.1. The minimum Gasteiger partial charge on any atom is -0.452 e. The molecule has 11 aromatic rings. The first-order valence-corrected chi connectivity index (χ1v) is 17.2. The maximum absolute atomic E-state index is 6.58. The molecular formula is C46H28N4O. The lowest BCUT2D eigenvalue weighted by atomic mass is 10.0. The van der Waals surface area contributed by atoms with E-state index in [1.807, 2.05) is 18.2 Å². The molecule has 0 saturated heterocycles. The fraction of sp³-hybridized carbons (Fsp3) is 0. The predicted molar refractivity (Wildman–Crippen MR) is 209 cm³/mol. The van der Waals surface area contributed by atoms with E-state index in [4.69, 9.17) is 14.4 Å². The number of benzene rings is 7. The molecule has 5 heteroatoms. The van der Waals surface area contributed by atoms with E-state index >= 15 is 0 Å². The Morgan fingerprint density at radius 1 is 0.392 bits per heavy atom. The van der Waals surface area contributed by atoms with Gasteiger partial charge in [-0.3, -0.25) is 4.57 Å². The number of hydrogen-bond donors (Lipinski definition) is 0. The molecule has 4 aromatic heterocycles. The van der Waals surface area contributed by atoms with Gasteiger partial charge in [-0.15, -0.1) is 0 Å². The summed E-state index contributed by atoms with van der Waals surface area (Å²) in [6.07, 6.45) is 0. The Labute approximate surface area is 292 Å². The maximum Gasteiger partial charge on any atom is 0.236 e. The largest absolute Gasteiger partial charge is 0.452 e. The van der Waals surface area contributed by atoms with E-state index in [9.17, 15) is 0 Å². The Morgan fingerprint density at radius 2 is 0.980 bits per heavy atom. The van der Waals surface area contributed by atoms with Crippen LogP contribution in [-0.4, -0.2) is 19.1 Å². The van der Waals surface area contributed by atoms with E-state index in [1.54, 1.807) is 0 Å². The Kier molecular flexibility index (Phi) is 5.89. The summed E-state index contributed by atoms with van der Waals surface area (Å²) in [5.74, 6) is 0.608. The van der Waals surface area contributed by atoms with Crippen molar-refractivity contribution in [1.29, 1.82) is 0 Å². The summed E-state index contributed by atoms with van der Waals surface area (Å²) in [5, 5.41) is 5.72. The maximum atomic E-state index is 6.58. The third-order valence-corrected chi connectivity index (χ3v) is 10.1. The van der Waals surface area contributed by atoms with E-state index in [2.05, 4.69) is 161 Å². The van der Waals surface area contributed by atoms with Crippen LogP contribution in [0.25, 0.3) is 99.7 Å². The fourth-order valence-electron chi connectivity index (χ4n) is 7.86. The lowest BCUT2D eigenvalue weighted by molar-refractivity contribution is 0.666. The number of furan rings is 1. The number of nitrogens with zero attached hydrogens (tertiary/aromatic N) is 4. The Bertz CT molecular complexity index is 3090. The molecule has 238 valence electrons. The van der Waals surface area contributed by atoms with Crippen molar-refractivity contribution in [1.82, 2.24) is 19.1 Å². The Morgan fingerprint density at radius 3 is 1.71 bits per heavy atom. The van der Waals surface area contributed by atoms with Gasteiger partial charge in [0.2, 0.25) is 5.95 Å². The second-order valence-electron chi connectivity index (χ2n) is 13.0. The number of hydrogen-bond acceptors (Lipinski definition) is 3. The summed E-state index contributed by atoms with van der Waals surface area (Å²) >= 11 is 0. The van der Waals surface area contributed by atoms with E-state index in [0.717, 1.165) is 55.5 Å². The SMILES string of the molecule is c1ccc(-c2ccc3c4ccccc4n(-c4cccc(-c5nc(-n6c7ccccc7c7ccccc76)nc6c5oc5ccccc56)c4)c3c2)cc1. The van der Waals surface area contributed by atoms with Crippen molar-refractivity contribution in [3.63, 3.8) is 0 Å². The van der Waals surface area contributed by atoms with Gasteiger partial charge in [0.1, 0.15) is 16.8 Å². The Balaban J connectivity index is 1.19. The third kappa shape index (κ3) is 4.15.